The zero-order valence-electron chi connectivity index (χ0n) is 10.3. The molecule has 0 spiro atoms. The van der Waals surface area contributed by atoms with Crippen LogP contribution in [0, 0.1) is 17.0 Å². The minimum atomic E-state index is -0.915. The third kappa shape index (κ3) is 3.52. The number of rotatable bonds is 5. The van der Waals surface area contributed by atoms with Crippen molar-refractivity contribution in [3.05, 3.63) is 39.0 Å². The first-order valence-electron chi connectivity index (χ1n) is 5.42. The molecular weight excluding hydrogens is 302 g/mol. The van der Waals surface area contributed by atoms with Crippen molar-refractivity contribution in [2.45, 2.75) is 22.7 Å². The quantitative estimate of drug-likeness (QED) is 0.668. The van der Waals surface area contributed by atoms with E-state index in [2.05, 4.69) is 9.97 Å². The fourth-order valence-electron chi connectivity index (χ4n) is 1.40. The molecule has 2 aromatic heterocycles. The molecule has 0 saturated carbocycles. The highest BCUT2D eigenvalue weighted by molar-refractivity contribution is 8.01. The lowest BCUT2D eigenvalue weighted by atomic mass is 10.3. The Morgan fingerprint density at radius 1 is 1.60 bits per heavy atom. The highest BCUT2D eigenvalue weighted by Crippen LogP contribution is 2.33. The maximum Gasteiger partial charge on any atom is 0.308 e. The van der Waals surface area contributed by atoms with Gasteiger partial charge in [0.25, 0.3) is 5.69 Å². The van der Waals surface area contributed by atoms with E-state index in [1.807, 2.05) is 0 Å². The molecule has 1 N–H and O–H groups in total. The molecule has 0 saturated heterocycles. The van der Waals surface area contributed by atoms with Crippen molar-refractivity contribution in [2.75, 3.05) is 0 Å². The molecule has 0 fully saturated rings. The Labute approximate surface area is 121 Å². The van der Waals surface area contributed by atoms with Crippen molar-refractivity contribution >= 4 is 34.8 Å². The van der Waals surface area contributed by atoms with Crippen LogP contribution in [0.2, 0.25) is 0 Å². The lowest BCUT2D eigenvalue weighted by molar-refractivity contribution is -0.385. The average Bonchev–Trinajstić information content (AvgIpc) is 2.69. The number of carboxylic acids is 1. The maximum atomic E-state index is 10.7. The number of aliphatic carboxylic acids is 1. The number of nitro groups is 1. The van der Waals surface area contributed by atoms with Crippen molar-refractivity contribution < 1.29 is 14.8 Å². The summed E-state index contributed by atoms with van der Waals surface area (Å²) >= 11 is 2.44. The van der Waals surface area contributed by atoms with E-state index in [1.54, 1.807) is 6.92 Å². The minimum Gasteiger partial charge on any atom is -0.481 e. The second-order valence-electron chi connectivity index (χ2n) is 3.77. The monoisotopic (exact) mass is 311 g/mol. The Morgan fingerprint density at radius 3 is 3.00 bits per heavy atom. The second kappa shape index (κ2) is 5.97. The van der Waals surface area contributed by atoms with E-state index in [1.165, 1.54) is 41.4 Å². The van der Waals surface area contributed by atoms with Crippen LogP contribution in [-0.2, 0) is 11.2 Å². The lowest BCUT2D eigenvalue weighted by Gasteiger charge is -1.96. The number of nitrogens with zero attached hydrogens (tertiary/aromatic N) is 3. The van der Waals surface area contributed by atoms with Crippen molar-refractivity contribution in [3.8, 4) is 0 Å². The third-order valence-corrected chi connectivity index (χ3v) is 4.46. The van der Waals surface area contributed by atoms with Gasteiger partial charge < -0.3 is 5.11 Å². The third-order valence-electron chi connectivity index (χ3n) is 2.31. The van der Waals surface area contributed by atoms with Gasteiger partial charge in [0.05, 0.1) is 17.0 Å². The van der Waals surface area contributed by atoms with E-state index in [4.69, 9.17) is 5.11 Å². The molecule has 2 rings (SSSR count). The van der Waals surface area contributed by atoms with Gasteiger partial charge in [-0.25, -0.2) is 9.97 Å². The summed E-state index contributed by atoms with van der Waals surface area (Å²) in [5.74, 6) is -0.915. The van der Waals surface area contributed by atoms with Crippen LogP contribution in [0.5, 0.6) is 0 Å². The Hall–Kier alpha value is -2.00. The van der Waals surface area contributed by atoms with Gasteiger partial charge in [0.2, 0.25) is 0 Å². The van der Waals surface area contributed by atoms with Gasteiger partial charge in [-0.1, -0.05) is 0 Å². The SMILES string of the molecule is Cc1nc(Sc2cc([N+](=O)[O-])ccn2)sc1CC(=O)O. The van der Waals surface area contributed by atoms with Gasteiger partial charge in [-0.2, -0.15) is 0 Å². The molecule has 0 unspecified atom stereocenters. The normalized spacial score (nSPS) is 10.4. The molecule has 20 heavy (non-hydrogen) atoms. The smallest absolute Gasteiger partial charge is 0.308 e. The molecule has 2 heterocycles. The van der Waals surface area contributed by atoms with E-state index in [-0.39, 0.29) is 12.1 Å². The number of hydrogen-bond acceptors (Lipinski definition) is 7. The summed E-state index contributed by atoms with van der Waals surface area (Å²) in [5.41, 5.74) is 0.617. The molecule has 0 atom stereocenters. The predicted octanol–water partition coefficient (Wildman–Crippen LogP) is 2.53. The molecule has 0 radical (unpaired) electrons. The van der Waals surface area contributed by atoms with E-state index in [0.29, 0.717) is 19.9 Å². The minimum absolute atomic E-state index is 0.0402. The zero-order chi connectivity index (χ0) is 14.7. The van der Waals surface area contributed by atoms with E-state index >= 15 is 0 Å². The number of thiazole rings is 1. The Bertz CT molecular complexity index is 671. The number of pyridine rings is 1. The Kier molecular flexibility index (Phi) is 4.30. The fraction of sp³-hybridized carbons (Fsp3) is 0.182. The van der Waals surface area contributed by atoms with E-state index < -0.39 is 10.9 Å². The first kappa shape index (κ1) is 14.4. The van der Waals surface area contributed by atoms with Gasteiger partial charge in [0, 0.05) is 23.2 Å². The summed E-state index contributed by atoms with van der Waals surface area (Å²) in [4.78, 5) is 29.8. The zero-order valence-corrected chi connectivity index (χ0v) is 11.9. The highest BCUT2D eigenvalue weighted by atomic mass is 32.2. The number of aryl methyl sites for hydroxylation is 1. The van der Waals surface area contributed by atoms with E-state index in [0.717, 1.165) is 0 Å². The summed E-state index contributed by atoms with van der Waals surface area (Å²) in [5, 5.41) is 19.9. The first-order chi connectivity index (χ1) is 9.45. The number of aromatic nitrogens is 2. The molecule has 0 aliphatic heterocycles. The molecule has 0 aliphatic carbocycles. The summed E-state index contributed by atoms with van der Waals surface area (Å²) < 4.78 is 0.617. The van der Waals surface area contributed by atoms with Crippen LogP contribution in [0.3, 0.4) is 0 Å². The van der Waals surface area contributed by atoms with Gasteiger partial charge in [-0.05, 0) is 18.7 Å². The maximum absolute atomic E-state index is 10.7. The van der Waals surface area contributed by atoms with Gasteiger partial charge in [-0.15, -0.1) is 11.3 Å². The summed E-state index contributed by atoms with van der Waals surface area (Å²) in [6.45, 7) is 1.74. The molecule has 0 aliphatic rings. The number of carboxylic acid groups (broad SMARTS) is 1. The van der Waals surface area contributed by atoms with Gasteiger partial charge in [0.15, 0.2) is 4.34 Å². The van der Waals surface area contributed by atoms with Crippen LogP contribution in [-0.4, -0.2) is 26.0 Å². The van der Waals surface area contributed by atoms with Crippen molar-refractivity contribution in [1.29, 1.82) is 0 Å². The van der Waals surface area contributed by atoms with Crippen LogP contribution in [0.4, 0.5) is 5.69 Å². The van der Waals surface area contributed by atoms with Crippen LogP contribution in [0.1, 0.15) is 10.6 Å². The van der Waals surface area contributed by atoms with Gasteiger partial charge >= 0.3 is 5.97 Å². The molecule has 0 amide bonds. The second-order valence-corrected chi connectivity index (χ2v) is 6.12. The van der Waals surface area contributed by atoms with Gasteiger partial charge in [0.1, 0.15) is 5.03 Å². The number of carbonyl (C=O) groups is 1. The Morgan fingerprint density at radius 2 is 2.35 bits per heavy atom. The standard InChI is InChI=1S/C11H9N3O4S2/c1-6-8(5-10(15)16)19-11(13-6)20-9-4-7(14(17)18)2-3-12-9/h2-4H,5H2,1H3,(H,15,16). The molecule has 9 heteroatoms. The molecule has 0 bridgehead atoms. The van der Waals surface area contributed by atoms with E-state index in [9.17, 15) is 14.9 Å². The predicted molar refractivity (Wildman–Crippen MR) is 73.2 cm³/mol. The highest BCUT2D eigenvalue weighted by Gasteiger charge is 2.14. The molecule has 104 valence electrons. The summed E-state index contributed by atoms with van der Waals surface area (Å²) in [7, 11) is 0. The number of hydrogen-bond donors (Lipinski definition) is 1. The molecule has 2 aromatic rings. The topological polar surface area (TPSA) is 106 Å². The first-order valence-corrected chi connectivity index (χ1v) is 7.05. The van der Waals surface area contributed by atoms with Crippen LogP contribution >= 0.6 is 23.1 Å². The Balaban J connectivity index is 2.20. The van der Waals surface area contributed by atoms with Crippen LogP contribution in [0.15, 0.2) is 27.7 Å². The molecular formula is C11H9N3O4S2. The van der Waals surface area contributed by atoms with Crippen molar-refractivity contribution in [1.82, 2.24) is 9.97 Å². The molecule has 7 nitrogen and oxygen atoms in total. The molecule has 0 aromatic carbocycles. The largest absolute Gasteiger partial charge is 0.481 e. The van der Waals surface area contributed by atoms with Crippen molar-refractivity contribution in [3.63, 3.8) is 0 Å². The van der Waals surface area contributed by atoms with Crippen molar-refractivity contribution in [2.24, 2.45) is 0 Å². The van der Waals surface area contributed by atoms with Crippen LogP contribution < -0.4 is 0 Å². The average molecular weight is 311 g/mol. The summed E-state index contributed by atoms with van der Waals surface area (Å²) in [6, 6.07) is 2.67. The lowest BCUT2D eigenvalue weighted by Crippen LogP contribution is -1.99. The van der Waals surface area contributed by atoms with Crippen LogP contribution in [0.25, 0.3) is 0 Å². The summed E-state index contributed by atoms with van der Waals surface area (Å²) in [6.07, 6.45) is 1.28. The van der Waals surface area contributed by atoms with Gasteiger partial charge in [-0.3, -0.25) is 14.9 Å². The fourth-order valence-corrected chi connectivity index (χ4v) is 3.57.